The van der Waals surface area contributed by atoms with Crippen LogP contribution in [-0.4, -0.2) is 45.7 Å². The maximum absolute atomic E-state index is 13.1. The van der Waals surface area contributed by atoms with Gasteiger partial charge in [-0.2, -0.15) is 0 Å². The van der Waals surface area contributed by atoms with Crippen molar-refractivity contribution in [2.24, 2.45) is 0 Å². The zero-order valence-electron chi connectivity index (χ0n) is 13.8. The normalized spacial score (nSPS) is 23.8. The first-order valence-electron chi connectivity index (χ1n) is 8.78. The number of rotatable bonds is 3. The summed E-state index contributed by atoms with van der Waals surface area (Å²) in [5, 5.41) is 0. The van der Waals surface area contributed by atoms with Gasteiger partial charge in [-0.3, -0.25) is 4.79 Å². The summed E-state index contributed by atoms with van der Waals surface area (Å²) >= 11 is 0. The van der Waals surface area contributed by atoms with Crippen LogP contribution >= 0.6 is 0 Å². The van der Waals surface area contributed by atoms with Crippen LogP contribution in [0.5, 0.6) is 0 Å². The van der Waals surface area contributed by atoms with Crippen molar-refractivity contribution in [3.63, 3.8) is 0 Å². The summed E-state index contributed by atoms with van der Waals surface area (Å²) in [6.45, 7) is 2.09. The van der Waals surface area contributed by atoms with Crippen LogP contribution in [-0.2, 0) is 11.3 Å². The van der Waals surface area contributed by atoms with E-state index in [1.54, 1.807) is 12.5 Å². The molecule has 1 saturated heterocycles. The lowest BCUT2D eigenvalue weighted by Gasteiger charge is -2.43. The number of benzene rings is 1. The molecule has 2 heterocycles. The maximum Gasteiger partial charge on any atom is 0.254 e. The van der Waals surface area contributed by atoms with Crippen molar-refractivity contribution in [3.05, 3.63) is 54.1 Å². The molecule has 0 unspecified atom stereocenters. The largest absolute Gasteiger partial charge is 0.374 e. The number of carbonyl (C=O) groups excluding carboxylic acids is 1. The van der Waals surface area contributed by atoms with E-state index in [2.05, 4.69) is 11.1 Å². The lowest BCUT2D eigenvalue weighted by molar-refractivity contribution is -0.0752. The van der Waals surface area contributed by atoms with E-state index >= 15 is 0 Å². The van der Waals surface area contributed by atoms with Gasteiger partial charge in [0.05, 0.1) is 25.1 Å². The number of amides is 1. The van der Waals surface area contributed by atoms with Gasteiger partial charge in [0.15, 0.2) is 0 Å². The second-order valence-corrected chi connectivity index (χ2v) is 6.69. The number of aromatic nitrogens is 2. The van der Waals surface area contributed by atoms with Crippen LogP contribution in [0.2, 0.25) is 0 Å². The molecule has 126 valence electrons. The highest BCUT2D eigenvalue weighted by atomic mass is 16.5. The van der Waals surface area contributed by atoms with Crippen molar-refractivity contribution < 1.29 is 9.53 Å². The van der Waals surface area contributed by atoms with Crippen LogP contribution < -0.4 is 0 Å². The second kappa shape index (κ2) is 6.77. The summed E-state index contributed by atoms with van der Waals surface area (Å²) in [5.41, 5.74) is 1.89. The van der Waals surface area contributed by atoms with E-state index in [1.165, 1.54) is 12.8 Å². The molecule has 1 amide bonds. The first-order chi connectivity index (χ1) is 11.8. The van der Waals surface area contributed by atoms with Crippen LogP contribution in [0.4, 0.5) is 0 Å². The quantitative estimate of drug-likeness (QED) is 0.872. The molecule has 1 aromatic heterocycles. The van der Waals surface area contributed by atoms with E-state index in [-0.39, 0.29) is 18.1 Å². The monoisotopic (exact) mass is 325 g/mol. The van der Waals surface area contributed by atoms with Gasteiger partial charge in [-0.05, 0) is 30.5 Å². The number of nitrogens with zero attached hydrogens (tertiary/aromatic N) is 3. The molecule has 1 aliphatic carbocycles. The highest BCUT2D eigenvalue weighted by molar-refractivity contribution is 5.94. The van der Waals surface area contributed by atoms with Crippen molar-refractivity contribution in [2.75, 3.05) is 13.2 Å². The summed E-state index contributed by atoms with van der Waals surface area (Å²) < 4.78 is 7.90. The fourth-order valence-electron chi connectivity index (χ4n) is 3.91. The van der Waals surface area contributed by atoms with Crippen LogP contribution in [0, 0.1) is 0 Å². The summed E-state index contributed by atoms with van der Waals surface area (Å²) in [6, 6.07) is 8.21. The van der Waals surface area contributed by atoms with Gasteiger partial charge in [0.25, 0.3) is 5.91 Å². The topological polar surface area (TPSA) is 47.4 Å². The smallest absolute Gasteiger partial charge is 0.254 e. The molecule has 2 aromatic rings. The highest BCUT2D eigenvalue weighted by Gasteiger charge is 2.36. The van der Waals surface area contributed by atoms with Gasteiger partial charge in [-0.25, -0.2) is 4.98 Å². The zero-order chi connectivity index (χ0) is 16.4. The number of hydrogen-bond donors (Lipinski definition) is 0. The van der Waals surface area contributed by atoms with E-state index in [0.29, 0.717) is 13.2 Å². The predicted octanol–water partition coefficient (Wildman–Crippen LogP) is 2.72. The number of fused-ring (bicyclic) bond motifs is 1. The lowest BCUT2D eigenvalue weighted by atomic mass is 9.89. The molecule has 1 saturated carbocycles. The standard InChI is InChI=1S/C19H23N3O2/c23-19(22-10-11-24-18-7-2-1-6-17(18)22)16-5-3-4-15(12-16)13-21-9-8-20-14-21/h3-5,8-9,12,14,17-18H,1-2,6-7,10-11,13H2/t17-,18+/m0/s1. The highest BCUT2D eigenvalue weighted by Crippen LogP contribution is 2.29. The van der Waals surface area contributed by atoms with Crippen molar-refractivity contribution in [2.45, 2.75) is 44.4 Å². The second-order valence-electron chi connectivity index (χ2n) is 6.69. The molecule has 5 nitrogen and oxygen atoms in total. The van der Waals surface area contributed by atoms with Crippen LogP contribution in [0.3, 0.4) is 0 Å². The molecule has 2 atom stereocenters. The molecule has 24 heavy (non-hydrogen) atoms. The molecule has 0 spiro atoms. The zero-order valence-corrected chi connectivity index (χ0v) is 13.8. The van der Waals surface area contributed by atoms with Crippen molar-refractivity contribution in [1.82, 2.24) is 14.5 Å². The van der Waals surface area contributed by atoms with Gasteiger partial charge in [0, 0.05) is 31.0 Å². The first-order valence-corrected chi connectivity index (χ1v) is 8.78. The fraction of sp³-hybridized carbons (Fsp3) is 0.474. The number of morpholine rings is 1. The minimum Gasteiger partial charge on any atom is -0.374 e. The molecule has 4 rings (SSSR count). The molecule has 1 aromatic carbocycles. The molecule has 5 heteroatoms. The Morgan fingerprint density at radius 2 is 2.21 bits per heavy atom. The number of imidazole rings is 1. The van der Waals surface area contributed by atoms with Gasteiger partial charge in [-0.15, -0.1) is 0 Å². The molecule has 2 fully saturated rings. The third kappa shape index (κ3) is 3.08. The van der Waals surface area contributed by atoms with Crippen molar-refractivity contribution in [1.29, 1.82) is 0 Å². The number of ether oxygens (including phenoxy) is 1. The third-order valence-electron chi connectivity index (χ3n) is 5.09. The van der Waals surface area contributed by atoms with Gasteiger partial charge >= 0.3 is 0 Å². The molecular formula is C19H23N3O2. The van der Waals surface area contributed by atoms with E-state index in [0.717, 1.165) is 30.5 Å². The Bertz CT molecular complexity index is 696. The molecule has 0 N–H and O–H groups in total. The van der Waals surface area contributed by atoms with Gasteiger partial charge in [0.2, 0.25) is 0 Å². The Balaban J connectivity index is 1.53. The number of carbonyl (C=O) groups is 1. The summed E-state index contributed by atoms with van der Waals surface area (Å²) in [5.74, 6) is 0.141. The first kappa shape index (κ1) is 15.4. The summed E-state index contributed by atoms with van der Waals surface area (Å²) in [7, 11) is 0. The van der Waals surface area contributed by atoms with Gasteiger partial charge < -0.3 is 14.2 Å². The minimum atomic E-state index is 0.141. The minimum absolute atomic E-state index is 0.141. The van der Waals surface area contributed by atoms with E-state index < -0.39 is 0 Å². The average Bonchev–Trinajstić information content (AvgIpc) is 3.14. The Kier molecular flexibility index (Phi) is 4.34. The Hall–Kier alpha value is -2.14. The van der Waals surface area contributed by atoms with E-state index in [9.17, 15) is 4.79 Å². The molecular weight excluding hydrogens is 302 g/mol. The lowest BCUT2D eigenvalue weighted by Crippen LogP contribution is -2.54. The summed E-state index contributed by atoms with van der Waals surface area (Å²) in [6.07, 6.45) is 10.3. The van der Waals surface area contributed by atoms with Crippen LogP contribution in [0.15, 0.2) is 43.0 Å². The average molecular weight is 325 g/mol. The molecule has 1 aliphatic heterocycles. The Labute approximate surface area is 142 Å². The van der Waals surface area contributed by atoms with Crippen molar-refractivity contribution >= 4 is 5.91 Å². The van der Waals surface area contributed by atoms with E-state index in [1.807, 2.05) is 33.9 Å². The number of hydrogen-bond acceptors (Lipinski definition) is 3. The SMILES string of the molecule is O=C(c1cccc(Cn2ccnc2)c1)N1CCO[C@@H]2CCCC[C@@H]21. The predicted molar refractivity (Wildman–Crippen MR) is 90.8 cm³/mol. The third-order valence-corrected chi connectivity index (χ3v) is 5.09. The van der Waals surface area contributed by atoms with E-state index in [4.69, 9.17) is 4.74 Å². The Morgan fingerprint density at radius 3 is 3.08 bits per heavy atom. The molecule has 0 bridgehead atoms. The Morgan fingerprint density at radius 1 is 1.29 bits per heavy atom. The fourth-order valence-corrected chi connectivity index (χ4v) is 3.91. The maximum atomic E-state index is 13.1. The van der Waals surface area contributed by atoms with Crippen LogP contribution in [0.1, 0.15) is 41.6 Å². The van der Waals surface area contributed by atoms with Crippen molar-refractivity contribution in [3.8, 4) is 0 Å². The van der Waals surface area contributed by atoms with Gasteiger partial charge in [-0.1, -0.05) is 25.0 Å². The van der Waals surface area contributed by atoms with Gasteiger partial charge in [0.1, 0.15) is 0 Å². The summed E-state index contributed by atoms with van der Waals surface area (Å²) in [4.78, 5) is 19.2. The van der Waals surface area contributed by atoms with Crippen LogP contribution in [0.25, 0.3) is 0 Å². The molecule has 0 radical (unpaired) electrons. The molecule has 2 aliphatic rings.